The second-order valence-electron chi connectivity index (χ2n) is 0.738. The maximum absolute atomic E-state index is 9.53. The van der Waals surface area contributed by atoms with E-state index in [-0.39, 0.29) is 31.0 Å². The fourth-order valence-electron chi connectivity index (χ4n) is 0.105. The average Bonchev–Trinajstić information content (AvgIpc) is 1.67. The first-order chi connectivity index (χ1) is 4.18. The van der Waals surface area contributed by atoms with Gasteiger partial charge < -0.3 is 5.11 Å². The molecule has 4 nitrogen and oxygen atoms in total. The largest absolute Gasteiger partial charge is 3.00 e. The van der Waals surface area contributed by atoms with Crippen LogP contribution in [0.3, 0.4) is 0 Å². The van der Waals surface area contributed by atoms with Crippen LogP contribution < -0.4 is 11.9 Å². The fourth-order valence-corrected chi connectivity index (χ4v) is 0.707. The molecule has 0 aliphatic rings. The van der Waals surface area contributed by atoms with E-state index in [1.54, 1.807) is 6.92 Å². The Hall–Kier alpha value is 1.41. The maximum Gasteiger partial charge on any atom is 3.00 e. The Morgan fingerprint density at radius 2 is 1.90 bits per heavy atom. The number of hydrogen-bond acceptors (Lipinski definition) is 5. The van der Waals surface area contributed by atoms with Crippen molar-refractivity contribution in [3.63, 3.8) is 0 Å². The monoisotopic (exact) mass is 380 g/mol. The zero-order chi connectivity index (χ0) is 7.70. The van der Waals surface area contributed by atoms with Crippen LogP contribution in [-0.2, 0) is 3.02 Å². The van der Waals surface area contributed by atoms with E-state index in [0.717, 1.165) is 0 Å². The molecule has 10 heavy (non-hydrogen) atoms. The minimum absolute atomic E-state index is 0. The Kier molecular flexibility index (Phi) is 29.3. The van der Waals surface area contributed by atoms with E-state index in [0.29, 0.717) is 5.55 Å². The second-order valence-corrected chi connectivity index (χ2v) is 2.94. The molecule has 0 aliphatic heterocycles. The summed E-state index contributed by atoms with van der Waals surface area (Å²) in [6.45, 7) is 1.93. The quantitative estimate of drug-likeness (QED) is 0.369. The second kappa shape index (κ2) is 16.8. The Morgan fingerprint density at radius 1 is 1.60 bits per heavy atom. The summed E-state index contributed by atoms with van der Waals surface area (Å²) < 4.78 is 23.2. The number of rotatable bonds is 2. The van der Waals surface area contributed by atoms with Gasteiger partial charge in [-0.15, -0.1) is 12.2 Å². The number of hydrogen-bond donors (Lipinski definition) is 0. The van der Waals surface area contributed by atoms with E-state index in [1.165, 1.54) is 0 Å². The van der Waals surface area contributed by atoms with Gasteiger partial charge in [-0.3, -0.25) is 0 Å². The van der Waals surface area contributed by atoms with Crippen LogP contribution in [0.15, 0.2) is 0 Å². The van der Waals surface area contributed by atoms with Crippen molar-refractivity contribution in [1.82, 2.24) is 0 Å². The van der Waals surface area contributed by atoms with Crippen LogP contribution in [0.4, 0.5) is 0 Å². The standard InChI is InChI=1S/C2H5O.CH2OS.2O.2Sb/c1-2-3;2-1-3;;;;/h2H2,1H3;1H,(H,2,3);;;;/q-1;;2*-1;+1;+3/p-1. The van der Waals surface area contributed by atoms with Crippen molar-refractivity contribution in [1.29, 1.82) is 0 Å². The molecule has 0 bridgehead atoms. The SMILES string of the molecule is CC[O][Sb]([O-])[O-].[O-]C=S.[Sb+3]. The fraction of sp³-hybridized carbons (Fsp3) is 0.667. The normalized spacial score (nSPS) is 7.20. The predicted octanol–water partition coefficient (Wildman–Crippen LogP) is -3.35. The topological polar surface area (TPSA) is 78.4 Å². The Balaban J connectivity index is -0.000000107. The van der Waals surface area contributed by atoms with Gasteiger partial charge in [-0.25, -0.2) is 0 Å². The molecule has 0 rings (SSSR count). The molecule has 0 aliphatic carbocycles. The van der Waals surface area contributed by atoms with Crippen LogP contribution in [0.5, 0.6) is 0 Å². The minimum atomic E-state index is -3.51. The third-order valence-corrected chi connectivity index (χ3v) is 1.57. The molecule has 7 heteroatoms. The zero-order valence-electron chi connectivity index (χ0n) is 5.22. The van der Waals surface area contributed by atoms with Crippen molar-refractivity contribution < 1.29 is 14.9 Å². The van der Waals surface area contributed by atoms with Crippen LogP contribution in [-0.4, -0.2) is 58.1 Å². The van der Waals surface area contributed by atoms with E-state index in [4.69, 9.17) is 5.11 Å². The molecule has 0 heterocycles. The van der Waals surface area contributed by atoms with Gasteiger partial charge in [0.15, 0.2) is 0 Å². The molecule has 58 valence electrons. The maximum atomic E-state index is 9.53. The minimum Gasteiger partial charge on any atom is -0.870 e. The van der Waals surface area contributed by atoms with Crippen molar-refractivity contribution in [2.24, 2.45) is 0 Å². The van der Waals surface area contributed by atoms with Gasteiger partial charge in [0.25, 0.3) is 0 Å². The molecule has 0 saturated carbocycles. The van der Waals surface area contributed by atoms with Crippen molar-refractivity contribution in [2.45, 2.75) is 6.92 Å². The van der Waals surface area contributed by atoms with E-state index in [1.807, 2.05) is 0 Å². The molecule has 0 aromatic heterocycles. The number of thiocarbonyl (C=S) groups is 1. The average molecular weight is 382 g/mol. The Labute approximate surface area is 91.3 Å². The van der Waals surface area contributed by atoms with Crippen LogP contribution in [0, 0.1) is 0 Å². The van der Waals surface area contributed by atoms with E-state index >= 15 is 0 Å². The summed E-state index contributed by atoms with van der Waals surface area (Å²) in [5, 5.41) is 8.62. The summed E-state index contributed by atoms with van der Waals surface area (Å²) in [5.74, 6) is 0. The van der Waals surface area contributed by atoms with Gasteiger partial charge in [0.2, 0.25) is 0 Å². The van der Waals surface area contributed by atoms with E-state index in [9.17, 15) is 6.77 Å². The van der Waals surface area contributed by atoms with Crippen molar-refractivity contribution >= 4 is 63.7 Å². The van der Waals surface area contributed by atoms with Gasteiger partial charge in [-0.05, 0) is 0 Å². The van der Waals surface area contributed by atoms with Gasteiger partial charge >= 0.3 is 69.2 Å². The first kappa shape index (κ1) is 17.5. The van der Waals surface area contributed by atoms with E-state index < -0.39 is 21.5 Å². The molecular formula is C3H6O4SSb2. The molecule has 0 unspecified atom stereocenters. The predicted molar refractivity (Wildman–Crippen MR) is 36.8 cm³/mol. The summed E-state index contributed by atoms with van der Waals surface area (Å²) in [6.07, 6.45) is 0. The molecular weight excluding hydrogens is 376 g/mol. The van der Waals surface area contributed by atoms with Crippen LogP contribution in [0.2, 0.25) is 0 Å². The van der Waals surface area contributed by atoms with Crippen LogP contribution in [0.1, 0.15) is 6.92 Å². The molecule has 0 aromatic rings. The smallest absolute Gasteiger partial charge is 0.870 e. The summed E-state index contributed by atoms with van der Waals surface area (Å²) in [7, 11) is 0. The molecule has 0 fully saturated rings. The van der Waals surface area contributed by atoms with Gasteiger partial charge in [0.05, 0.1) is 0 Å². The molecule has 0 N–H and O–H groups in total. The first-order valence-corrected chi connectivity index (χ1v) is 5.61. The van der Waals surface area contributed by atoms with Gasteiger partial charge in [0.1, 0.15) is 0 Å². The summed E-state index contributed by atoms with van der Waals surface area (Å²) >= 11 is 0.200. The summed E-state index contributed by atoms with van der Waals surface area (Å²) in [5.41, 5.74) is 0.333. The molecule has 0 saturated heterocycles. The van der Waals surface area contributed by atoms with Crippen molar-refractivity contribution in [3.05, 3.63) is 0 Å². The molecule has 0 atom stereocenters. The molecule has 0 aromatic carbocycles. The summed E-state index contributed by atoms with van der Waals surface area (Å²) in [4.78, 5) is 0. The Bertz CT molecular complexity index is 62.5. The molecule has 0 spiro atoms. The first-order valence-electron chi connectivity index (χ1n) is 2.01. The van der Waals surface area contributed by atoms with Gasteiger partial charge in [0, 0.05) is 0 Å². The van der Waals surface area contributed by atoms with Crippen LogP contribution in [0.25, 0.3) is 0 Å². The third kappa shape index (κ3) is 34.2. The van der Waals surface area contributed by atoms with Crippen LogP contribution >= 0.6 is 12.2 Å². The van der Waals surface area contributed by atoms with Crippen molar-refractivity contribution in [3.8, 4) is 0 Å². The molecule has 2 radical (unpaired) electrons. The van der Waals surface area contributed by atoms with Gasteiger partial charge in [-0.2, -0.15) is 0 Å². The summed E-state index contributed by atoms with van der Waals surface area (Å²) in [6, 6.07) is 0. The van der Waals surface area contributed by atoms with E-state index in [2.05, 4.69) is 15.2 Å². The van der Waals surface area contributed by atoms with Gasteiger partial charge in [-0.1, -0.05) is 5.55 Å². The Morgan fingerprint density at radius 3 is 1.90 bits per heavy atom. The van der Waals surface area contributed by atoms with Crippen molar-refractivity contribution in [2.75, 3.05) is 6.61 Å². The zero-order valence-corrected chi connectivity index (χ0v) is 11.1. The third-order valence-electron chi connectivity index (χ3n) is 0.235. The molecule has 0 amide bonds.